The van der Waals surface area contributed by atoms with E-state index >= 15 is 4.80 Å². The highest BCUT2D eigenvalue weighted by Gasteiger charge is 2.91. The van der Waals surface area contributed by atoms with Gasteiger partial charge in [0.1, 0.15) is 14.2 Å². The van der Waals surface area contributed by atoms with Crippen molar-refractivity contribution in [3.05, 3.63) is 115 Å². The van der Waals surface area contributed by atoms with Gasteiger partial charge in [-0.2, -0.15) is 0 Å². The molecule has 1 nitrogen and oxygen atoms in total. The van der Waals surface area contributed by atoms with Crippen molar-refractivity contribution in [2.45, 2.75) is 135 Å². The fourth-order valence-corrected chi connectivity index (χ4v) is 126. The van der Waals surface area contributed by atoms with Gasteiger partial charge in [-0.15, -0.1) is 0 Å². The molecule has 1 fully saturated rings. The third-order valence-corrected chi connectivity index (χ3v) is 84.9. The summed E-state index contributed by atoms with van der Waals surface area (Å²) < 4.78 is 0. The largest absolute Gasteiger partial charge is 0.435 e. The molecule has 1 aliphatic rings. The van der Waals surface area contributed by atoms with E-state index in [0.29, 0.717) is 0 Å². The highest BCUT2D eigenvalue weighted by Crippen LogP contribution is 2.60. The van der Waals surface area contributed by atoms with Gasteiger partial charge in [-0.1, -0.05) is 178 Å². The average Bonchev–Trinajstić information content (AvgIpc) is 2.88. The Labute approximate surface area is 303 Å². The zero-order valence-electron chi connectivity index (χ0n) is 34.1. The number of aryl methyl sites for hydroxylation is 12. The van der Waals surface area contributed by atoms with Crippen LogP contribution in [0, 0.1) is 83.1 Å². The molecule has 5 heteroatoms. The van der Waals surface area contributed by atoms with E-state index in [1.807, 2.05) is 0 Å². The van der Waals surface area contributed by atoms with Gasteiger partial charge in [0.25, 0.3) is 0 Å². The maximum Gasteiger partial charge on any atom is 0.184 e. The lowest BCUT2D eigenvalue weighted by molar-refractivity contribution is 0.516. The van der Waals surface area contributed by atoms with E-state index in [1.54, 1.807) is 20.7 Å². The lowest BCUT2D eigenvalue weighted by Crippen LogP contribution is -3.15. The van der Waals surface area contributed by atoms with Crippen molar-refractivity contribution in [2.24, 2.45) is 0 Å². The van der Waals surface area contributed by atoms with E-state index in [4.69, 9.17) is 0 Å². The van der Waals surface area contributed by atoms with Crippen LogP contribution >= 0.6 is 0 Å². The van der Waals surface area contributed by atoms with Crippen LogP contribution in [0.15, 0.2) is 48.5 Å². The molecule has 0 spiro atoms. The van der Waals surface area contributed by atoms with Gasteiger partial charge in [0.15, 0.2) is 7.35 Å². The van der Waals surface area contributed by atoms with Crippen LogP contribution in [0.1, 0.15) is 108 Å². The zero-order valence-corrected chi connectivity index (χ0v) is 38.1. The minimum Gasteiger partial charge on any atom is -0.435 e. The summed E-state index contributed by atoms with van der Waals surface area (Å²) in [5.74, 6) is 0. The Morgan fingerprint density at radius 2 is 0.571 bits per heavy atom. The third kappa shape index (κ3) is 5.11. The summed E-state index contributed by atoms with van der Waals surface area (Å²) in [4.78, 5) is 15.5. The van der Waals surface area contributed by atoms with Crippen molar-refractivity contribution in [1.29, 1.82) is 0 Å². The molecule has 0 aliphatic carbocycles. The molecule has 1 heterocycles. The molecular formula is C44H63OSi4. The van der Waals surface area contributed by atoms with Crippen molar-refractivity contribution in [3.8, 4) is 0 Å². The van der Waals surface area contributed by atoms with Crippen LogP contribution in [0.5, 0.6) is 0 Å². The highest BCUT2D eigenvalue weighted by atomic mass is 30.2. The van der Waals surface area contributed by atoms with Gasteiger partial charge in [-0.05, 0) is 93.2 Å². The average molecular weight is 720 g/mol. The topological polar surface area (TPSA) is 20.2 Å². The quantitative estimate of drug-likeness (QED) is 0.210. The van der Waals surface area contributed by atoms with Gasteiger partial charge in [0.2, 0.25) is 0 Å². The van der Waals surface area contributed by atoms with Crippen LogP contribution in [-0.4, -0.2) is 34.2 Å². The summed E-state index contributed by atoms with van der Waals surface area (Å²) in [5.41, 5.74) is 16.5. The minimum atomic E-state index is -3.39. The first kappa shape index (κ1) is 38.0. The summed E-state index contributed by atoms with van der Waals surface area (Å²) >= 11 is 0. The van der Waals surface area contributed by atoms with Gasteiger partial charge < -0.3 is 4.80 Å². The monoisotopic (exact) mass is 719 g/mol. The number of benzene rings is 4. The van der Waals surface area contributed by atoms with E-state index in [0.717, 1.165) is 0 Å². The Balaban J connectivity index is 2.27. The second kappa shape index (κ2) is 12.2. The van der Waals surface area contributed by atoms with Crippen LogP contribution < -0.4 is 20.7 Å². The zero-order chi connectivity index (χ0) is 37.0. The van der Waals surface area contributed by atoms with E-state index < -0.39 is 29.4 Å². The van der Waals surface area contributed by atoms with Crippen LogP contribution in [0.2, 0.25) is 10.1 Å². The van der Waals surface area contributed by atoms with Crippen molar-refractivity contribution >= 4 is 50.1 Å². The molecule has 0 atom stereocenters. The van der Waals surface area contributed by atoms with Crippen molar-refractivity contribution in [2.75, 3.05) is 0 Å². The Morgan fingerprint density at radius 3 is 0.714 bits per heavy atom. The maximum absolute atomic E-state index is 15.5. The SMILES string of the molecule is Cc1cc(C)c([Si]2(c3c(C)cc(C)cc3C)[Si](C(C)(C)C)[Si](c3c(C)cc(C)cc3C)(c3c(C)cc(C)cc3C)[Si]2(O)C(C)(C)C)c(C)c1. The molecule has 49 heavy (non-hydrogen) atoms. The molecule has 0 unspecified atom stereocenters. The summed E-state index contributed by atoms with van der Waals surface area (Å²) in [6.07, 6.45) is 0. The van der Waals surface area contributed by atoms with Gasteiger partial charge >= 0.3 is 0 Å². The van der Waals surface area contributed by atoms with E-state index in [9.17, 15) is 0 Å². The first-order valence-electron chi connectivity index (χ1n) is 18.3. The second-order valence-corrected chi connectivity index (χ2v) is 50.7. The van der Waals surface area contributed by atoms with Gasteiger partial charge in [0, 0.05) is 0 Å². The third-order valence-electron chi connectivity index (χ3n) is 11.9. The Morgan fingerprint density at radius 1 is 0.388 bits per heavy atom. The molecule has 4 aromatic carbocycles. The number of hydrogen-bond acceptors (Lipinski definition) is 1. The van der Waals surface area contributed by atoms with Crippen LogP contribution in [0.4, 0.5) is 0 Å². The first-order chi connectivity index (χ1) is 22.4. The van der Waals surface area contributed by atoms with Crippen molar-refractivity contribution in [1.82, 2.24) is 0 Å². The molecule has 1 aliphatic heterocycles. The van der Waals surface area contributed by atoms with Gasteiger partial charge in [-0.3, -0.25) is 0 Å². The lowest BCUT2D eigenvalue weighted by atomic mass is 10.1. The van der Waals surface area contributed by atoms with Crippen molar-refractivity contribution < 1.29 is 4.80 Å². The molecule has 1 radical (unpaired) electrons. The molecule has 0 saturated carbocycles. The highest BCUT2D eigenvalue weighted by molar-refractivity contribution is 8.16. The molecule has 0 amide bonds. The molecule has 1 saturated heterocycles. The summed E-state index contributed by atoms with van der Waals surface area (Å²) in [6.45, 7) is 43.2. The number of rotatable bonds is 4. The van der Waals surface area contributed by atoms with Crippen molar-refractivity contribution in [3.63, 3.8) is 0 Å². The molecule has 0 bridgehead atoms. The molecule has 0 aromatic heterocycles. The smallest absolute Gasteiger partial charge is 0.184 e. The molecule has 4 aromatic rings. The van der Waals surface area contributed by atoms with Crippen LogP contribution in [0.25, 0.3) is 0 Å². The Hall–Kier alpha value is -2.29. The fourth-order valence-electron chi connectivity index (χ4n) is 11.7. The van der Waals surface area contributed by atoms with Crippen LogP contribution in [-0.2, 0) is 0 Å². The summed E-state index contributed by atoms with van der Waals surface area (Å²) in [7, 11) is -10.7. The summed E-state index contributed by atoms with van der Waals surface area (Å²) in [5, 5.41) is 6.06. The number of hydrogen-bond donors (Lipinski definition) is 1. The molecule has 261 valence electrons. The lowest BCUT2D eigenvalue weighted by Gasteiger charge is -2.77. The first-order valence-corrected chi connectivity index (χ1v) is 29.8. The predicted molar refractivity (Wildman–Crippen MR) is 226 cm³/mol. The Kier molecular flexibility index (Phi) is 9.41. The predicted octanol–water partition coefficient (Wildman–Crippen LogP) is 8.57. The maximum atomic E-state index is 15.5. The second-order valence-electron chi connectivity index (χ2n) is 18.2. The molecule has 5 rings (SSSR count). The van der Waals surface area contributed by atoms with Gasteiger partial charge in [0.05, 0.1) is 7.83 Å². The standard InChI is InChI=1S/C44H63OSi4/c1-27-19-31(5)39(32(6)20-27)47(40-33(7)21-28(2)22-34(40)8)46(43(13,14)15)48(49(47,45)44(16,17)18,41-35(9)23-29(3)24-36(41)10)42-37(11)25-30(4)26-38(42)12/h19-26,45H,1-18H3. The van der Waals surface area contributed by atoms with E-state index in [-0.39, 0.29) is 10.1 Å². The minimum absolute atomic E-state index is 0.0225. The summed E-state index contributed by atoms with van der Waals surface area (Å²) in [6, 6.07) is 19.6. The molecule has 1 N–H and O–H groups in total. The van der Waals surface area contributed by atoms with Gasteiger partial charge in [-0.25, -0.2) is 0 Å². The molecular weight excluding hydrogens is 657 g/mol. The fraction of sp³-hybridized carbons (Fsp3) is 0.455. The Bertz CT molecular complexity index is 1650. The van der Waals surface area contributed by atoms with E-state index in [1.165, 1.54) is 66.8 Å². The normalized spacial score (nSPS) is 17.3. The van der Waals surface area contributed by atoms with Crippen LogP contribution in [0.3, 0.4) is 0 Å². The van der Waals surface area contributed by atoms with E-state index in [2.05, 4.69) is 173 Å².